The Kier molecular flexibility index (Phi) is 4.66. The Morgan fingerprint density at radius 2 is 2.04 bits per heavy atom. The molecule has 3 heterocycles. The molecule has 2 saturated heterocycles. The molecule has 3 rings (SSSR count). The zero-order valence-electron chi connectivity index (χ0n) is 13.5. The van der Waals surface area contributed by atoms with Crippen molar-refractivity contribution in [1.82, 2.24) is 14.7 Å². The molecule has 2 aliphatic heterocycles. The van der Waals surface area contributed by atoms with E-state index in [-0.39, 0.29) is 17.9 Å². The maximum Gasteiger partial charge on any atom is 0.272 e. The summed E-state index contributed by atoms with van der Waals surface area (Å²) in [5.74, 6) is 0.0811. The molecule has 2 atom stereocenters. The van der Waals surface area contributed by atoms with Gasteiger partial charge in [0.1, 0.15) is 11.8 Å². The predicted molar refractivity (Wildman–Crippen MR) is 83.6 cm³/mol. The number of piperidine rings is 1. The number of likely N-dealkylation sites (tertiary alicyclic amines) is 1. The van der Waals surface area contributed by atoms with Crippen LogP contribution in [0.5, 0.6) is 0 Å². The van der Waals surface area contributed by atoms with E-state index in [2.05, 4.69) is 5.10 Å². The van der Waals surface area contributed by atoms with Crippen LogP contribution >= 0.6 is 0 Å². The fraction of sp³-hybridized carbons (Fsp3) is 0.688. The second-order valence-corrected chi connectivity index (χ2v) is 6.30. The fourth-order valence-electron chi connectivity index (χ4n) is 3.62. The van der Waals surface area contributed by atoms with Crippen LogP contribution in [0.15, 0.2) is 12.3 Å². The van der Waals surface area contributed by atoms with Crippen molar-refractivity contribution in [1.29, 1.82) is 0 Å². The molecule has 2 N–H and O–H groups in total. The molecule has 7 heteroatoms. The number of aromatic nitrogens is 2. The average molecular weight is 320 g/mol. The third kappa shape index (κ3) is 3.24. The highest BCUT2D eigenvalue weighted by Gasteiger charge is 2.36. The second-order valence-electron chi connectivity index (χ2n) is 6.30. The van der Waals surface area contributed by atoms with Gasteiger partial charge in [-0.1, -0.05) is 0 Å². The number of carbonyl (C=O) groups is 2. The zero-order chi connectivity index (χ0) is 16.4. The molecule has 0 unspecified atom stereocenters. The van der Waals surface area contributed by atoms with Gasteiger partial charge in [0.05, 0.1) is 6.10 Å². The molecule has 1 aromatic rings. The number of rotatable bonds is 4. The third-order valence-corrected chi connectivity index (χ3v) is 4.96. The number of hydrogen-bond donors (Lipinski definition) is 1. The van der Waals surface area contributed by atoms with Crippen LogP contribution in [0.3, 0.4) is 0 Å². The van der Waals surface area contributed by atoms with Crippen molar-refractivity contribution in [2.24, 2.45) is 11.7 Å². The number of hydrogen-bond acceptors (Lipinski definition) is 4. The van der Waals surface area contributed by atoms with E-state index in [1.807, 2.05) is 11.8 Å². The highest BCUT2D eigenvalue weighted by Crippen LogP contribution is 2.32. The van der Waals surface area contributed by atoms with Crippen LogP contribution in [0.2, 0.25) is 0 Å². The summed E-state index contributed by atoms with van der Waals surface area (Å²) in [4.78, 5) is 25.7. The maximum atomic E-state index is 12.6. The highest BCUT2D eigenvalue weighted by atomic mass is 16.5. The molecule has 0 radical (unpaired) electrons. The first-order valence-corrected chi connectivity index (χ1v) is 8.36. The van der Waals surface area contributed by atoms with Gasteiger partial charge in [-0.2, -0.15) is 5.10 Å². The Morgan fingerprint density at radius 1 is 1.30 bits per heavy atom. The number of nitrogens with zero attached hydrogens (tertiary/aromatic N) is 3. The minimum atomic E-state index is -0.432. The maximum absolute atomic E-state index is 12.6. The molecule has 126 valence electrons. The van der Waals surface area contributed by atoms with Gasteiger partial charge in [-0.3, -0.25) is 14.3 Å². The van der Waals surface area contributed by atoms with Crippen LogP contribution < -0.4 is 5.73 Å². The number of ether oxygens (including phenoxy) is 1. The number of carbonyl (C=O) groups excluding carboxylic acids is 2. The summed E-state index contributed by atoms with van der Waals surface area (Å²) in [5, 5.41) is 4.16. The van der Waals surface area contributed by atoms with Gasteiger partial charge in [0.2, 0.25) is 5.91 Å². The molecule has 2 fully saturated rings. The minimum absolute atomic E-state index is 0.0464. The van der Waals surface area contributed by atoms with Gasteiger partial charge in [0.25, 0.3) is 5.91 Å². The van der Waals surface area contributed by atoms with E-state index in [0.29, 0.717) is 18.2 Å². The van der Waals surface area contributed by atoms with Gasteiger partial charge in [0, 0.05) is 25.8 Å². The lowest BCUT2D eigenvalue weighted by molar-refractivity contribution is -0.130. The summed E-state index contributed by atoms with van der Waals surface area (Å²) >= 11 is 0. The van der Waals surface area contributed by atoms with Crippen molar-refractivity contribution in [2.75, 3.05) is 13.1 Å². The van der Waals surface area contributed by atoms with E-state index in [1.54, 1.807) is 16.9 Å². The van der Waals surface area contributed by atoms with Crippen molar-refractivity contribution in [3.8, 4) is 0 Å². The molecule has 0 aromatic carbocycles. The minimum Gasteiger partial charge on any atom is -0.367 e. The molecule has 2 aliphatic rings. The average Bonchev–Trinajstić information content (AvgIpc) is 3.23. The molecule has 7 nitrogen and oxygen atoms in total. The van der Waals surface area contributed by atoms with Crippen molar-refractivity contribution >= 4 is 11.8 Å². The lowest BCUT2D eigenvalue weighted by atomic mass is 9.89. The molecular formula is C16H24N4O3. The molecule has 0 saturated carbocycles. The molecule has 23 heavy (non-hydrogen) atoms. The van der Waals surface area contributed by atoms with Crippen molar-refractivity contribution in [3.05, 3.63) is 18.0 Å². The van der Waals surface area contributed by atoms with Gasteiger partial charge in [-0.05, 0) is 44.6 Å². The first-order valence-electron chi connectivity index (χ1n) is 8.36. The van der Waals surface area contributed by atoms with E-state index in [1.165, 1.54) is 0 Å². The van der Waals surface area contributed by atoms with Gasteiger partial charge in [-0.15, -0.1) is 0 Å². The molecule has 0 bridgehead atoms. The van der Waals surface area contributed by atoms with Gasteiger partial charge < -0.3 is 15.4 Å². The molecule has 0 spiro atoms. The zero-order valence-corrected chi connectivity index (χ0v) is 13.5. The lowest BCUT2D eigenvalue weighted by Gasteiger charge is -2.34. The summed E-state index contributed by atoms with van der Waals surface area (Å²) in [6.07, 6.45) is 4.75. The quantitative estimate of drug-likeness (QED) is 0.888. The Bertz CT molecular complexity index is 578. The fourth-order valence-corrected chi connectivity index (χ4v) is 3.62. The van der Waals surface area contributed by atoms with Gasteiger partial charge in [0.15, 0.2) is 0 Å². The normalized spacial score (nSPS) is 25.7. The summed E-state index contributed by atoms with van der Waals surface area (Å²) in [7, 11) is 0. The standard InChI is InChI=1S/C16H24N4O3/c1-2-20-12(5-8-18-20)16(22)19-9-6-11(7-10-19)13-3-4-14(23-13)15(17)21/h5,8,11,13-14H,2-4,6-7,9-10H2,1H3,(H2,17,21)/t13-,14+/m0/s1. The van der Waals surface area contributed by atoms with Crippen LogP contribution in [0.4, 0.5) is 0 Å². The Morgan fingerprint density at radius 3 is 2.65 bits per heavy atom. The second kappa shape index (κ2) is 6.70. The smallest absolute Gasteiger partial charge is 0.272 e. The number of amides is 2. The molecule has 1 aromatic heterocycles. The largest absolute Gasteiger partial charge is 0.367 e. The molecular weight excluding hydrogens is 296 g/mol. The highest BCUT2D eigenvalue weighted by molar-refractivity contribution is 5.92. The van der Waals surface area contributed by atoms with Crippen LogP contribution in [-0.2, 0) is 16.1 Å². The summed E-state index contributed by atoms with van der Waals surface area (Å²) in [6, 6.07) is 1.77. The number of aryl methyl sites for hydroxylation is 1. The first kappa shape index (κ1) is 16.0. The Hall–Kier alpha value is -1.89. The Balaban J connectivity index is 1.55. The van der Waals surface area contributed by atoms with Crippen LogP contribution in [0.1, 0.15) is 43.1 Å². The summed E-state index contributed by atoms with van der Waals surface area (Å²) in [5.41, 5.74) is 5.96. The van der Waals surface area contributed by atoms with Crippen molar-refractivity contribution in [2.45, 2.75) is 51.4 Å². The van der Waals surface area contributed by atoms with Gasteiger partial charge in [-0.25, -0.2) is 0 Å². The number of primary amides is 1. The van der Waals surface area contributed by atoms with E-state index >= 15 is 0 Å². The van der Waals surface area contributed by atoms with Gasteiger partial charge >= 0.3 is 0 Å². The topological polar surface area (TPSA) is 90.5 Å². The SMILES string of the molecule is CCn1nccc1C(=O)N1CCC([C@@H]2CC[C@H](C(N)=O)O2)CC1. The van der Waals surface area contributed by atoms with Crippen LogP contribution in [-0.4, -0.2) is 51.8 Å². The van der Waals surface area contributed by atoms with Crippen LogP contribution in [0, 0.1) is 5.92 Å². The first-order chi connectivity index (χ1) is 11.1. The number of nitrogens with two attached hydrogens (primary N) is 1. The third-order valence-electron chi connectivity index (χ3n) is 4.96. The van der Waals surface area contributed by atoms with E-state index in [0.717, 1.165) is 38.8 Å². The van der Waals surface area contributed by atoms with Crippen LogP contribution in [0.25, 0.3) is 0 Å². The summed E-state index contributed by atoms with van der Waals surface area (Å²) in [6.45, 7) is 4.11. The van der Waals surface area contributed by atoms with E-state index in [9.17, 15) is 9.59 Å². The molecule has 0 aliphatic carbocycles. The van der Waals surface area contributed by atoms with E-state index < -0.39 is 6.10 Å². The lowest BCUT2D eigenvalue weighted by Crippen LogP contribution is -2.42. The summed E-state index contributed by atoms with van der Waals surface area (Å²) < 4.78 is 7.50. The predicted octanol–water partition coefficient (Wildman–Crippen LogP) is 0.788. The van der Waals surface area contributed by atoms with Crippen molar-refractivity contribution < 1.29 is 14.3 Å². The Labute approximate surface area is 135 Å². The monoisotopic (exact) mass is 320 g/mol. The molecule has 2 amide bonds. The van der Waals surface area contributed by atoms with E-state index in [4.69, 9.17) is 10.5 Å². The van der Waals surface area contributed by atoms with Crippen molar-refractivity contribution in [3.63, 3.8) is 0 Å².